The molecule has 1 aromatic rings. The molecule has 3 aliphatic heterocycles. The van der Waals surface area contributed by atoms with Gasteiger partial charge in [0.2, 0.25) is 11.8 Å². The highest BCUT2D eigenvalue weighted by molar-refractivity contribution is 6.00. The number of rotatable bonds is 3. The van der Waals surface area contributed by atoms with Gasteiger partial charge in [-0.15, -0.1) is 12.4 Å². The molecule has 148 valence electrons. The third kappa shape index (κ3) is 3.92. The van der Waals surface area contributed by atoms with E-state index >= 15 is 0 Å². The number of hydrogen-bond acceptors (Lipinski definition) is 4. The maximum Gasteiger partial charge on any atom is 0.228 e. The van der Waals surface area contributed by atoms with E-state index in [1.54, 1.807) is 12.0 Å². The summed E-state index contributed by atoms with van der Waals surface area (Å²) in [6.45, 7) is 4.32. The van der Waals surface area contributed by atoms with Crippen LogP contribution >= 0.6 is 12.4 Å². The number of nitrogens with one attached hydrogen (secondary N) is 1. The first-order valence-corrected chi connectivity index (χ1v) is 9.54. The SMILES string of the molecule is COc1ccc(N2CC(C(=O)N3CCC4(CCNC4)CC3)CC2=O)cc1.Cl. The number of ether oxygens (including phenoxy) is 1. The van der Waals surface area contributed by atoms with Crippen molar-refractivity contribution < 1.29 is 14.3 Å². The zero-order valence-electron chi connectivity index (χ0n) is 15.8. The maximum atomic E-state index is 12.9. The fourth-order valence-corrected chi connectivity index (χ4v) is 4.57. The van der Waals surface area contributed by atoms with Crippen molar-refractivity contribution in [2.75, 3.05) is 44.7 Å². The van der Waals surface area contributed by atoms with Crippen LogP contribution in [0.15, 0.2) is 24.3 Å². The highest BCUT2D eigenvalue weighted by atomic mass is 35.5. The summed E-state index contributed by atoms with van der Waals surface area (Å²) in [6, 6.07) is 7.44. The van der Waals surface area contributed by atoms with Crippen LogP contribution in [0, 0.1) is 11.3 Å². The Labute approximate surface area is 166 Å². The first-order chi connectivity index (χ1) is 12.6. The van der Waals surface area contributed by atoms with Gasteiger partial charge in [0.25, 0.3) is 0 Å². The van der Waals surface area contributed by atoms with Crippen LogP contribution in [0.2, 0.25) is 0 Å². The van der Waals surface area contributed by atoms with E-state index in [9.17, 15) is 9.59 Å². The van der Waals surface area contributed by atoms with Gasteiger partial charge in [0.1, 0.15) is 5.75 Å². The number of hydrogen-bond donors (Lipinski definition) is 1. The second-order valence-electron chi connectivity index (χ2n) is 7.86. The molecule has 6 nitrogen and oxygen atoms in total. The number of methoxy groups -OCH3 is 1. The second kappa shape index (κ2) is 8.07. The van der Waals surface area contributed by atoms with Gasteiger partial charge < -0.3 is 19.9 Å². The minimum absolute atomic E-state index is 0. The third-order valence-corrected chi connectivity index (χ3v) is 6.33. The van der Waals surface area contributed by atoms with Gasteiger partial charge in [-0.1, -0.05) is 0 Å². The van der Waals surface area contributed by atoms with E-state index in [0.29, 0.717) is 18.4 Å². The predicted molar refractivity (Wildman–Crippen MR) is 106 cm³/mol. The van der Waals surface area contributed by atoms with Gasteiger partial charge in [0, 0.05) is 38.3 Å². The zero-order valence-corrected chi connectivity index (χ0v) is 16.6. The van der Waals surface area contributed by atoms with Gasteiger partial charge in [0.05, 0.1) is 13.0 Å². The number of halogens is 1. The van der Waals surface area contributed by atoms with Gasteiger partial charge in [-0.2, -0.15) is 0 Å². The molecule has 7 heteroatoms. The van der Waals surface area contributed by atoms with Crippen LogP contribution in [-0.2, 0) is 9.59 Å². The van der Waals surface area contributed by atoms with Crippen LogP contribution in [0.5, 0.6) is 5.75 Å². The molecule has 1 aromatic carbocycles. The fraction of sp³-hybridized carbons (Fsp3) is 0.600. The minimum atomic E-state index is -0.222. The summed E-state index contributed by atoms with van der Waals surface area (Å²) in [4.78, 5) is 29.1. The maximum absolute atomic E-state index is 12.9. The molecule has 3 aliphatic rings. The molecule has 0 aromatic heterocycles. The normalized spacial score (nSPS) is 24.2. The summed E-state index contributed by atoms with van der Waals surface area (Å²) in [5.41, 5.74) is 1.23. The second-order valence-corrected chi connectivity index (χ2v) is 7.86. The highest BCUT2D eigenvalue weighted by Crippen LogP contribution is 2.38. The van der Waals surface area contributed by atoms with Crippen LogP contribution in [0.1, 0.15) is 25.7 Å². The number of likely N-dealkylation sites (tertiary alicyclic amines) is 1. The van der Waals surface area contributed by atoms with E-state index in [1.165, 1.54) is 6.42 Å². The van der Waals surface area contributed by atoms with Gasteiger partial charge >= 0.3 is 0 Å². The lowest BCUT2D eigenvalue weighted by molar-refractivity contribution is -0.137. The zero-order chi connectivity index (χ0) is 18.1. The Kier molecular flexibility index (Phi) is 5.96. The molecular formula is C20H28ClN3O3. The first-order valence-electron chi connectivity index (χ1n) is 9.54. The quantitative estimate of drug-likeness (QED) is 0.854. The van der Waals surface area contributed by atoms with E-state index in [1.807, 2.05) is 29.2 Å². The largest absolute Gasteiger partial charge is 0.497 e. The highest BCUT2D eigenvalue weighted by Gasteiger charge is 2.41. The molecule has 1 N–H and O–H groups in total. The smallest absolute Gasteiger partial charge is 0.228 e. The lowest BCUT2D eigenvalue weighted by atomic mass is 9.77. The van der Waals surface area contributed by atoms with Gasteiger partial charge in [-0.3, -0.25) is 9.59 Å². The Morgan fingerprint density at radius 2 is 1.89 bits per heavy atom. The van der Waals surface area contributed by atoms with E-state index in [4.69, 9.17) is 4.74 Å². The monoisotopic (exact) mass is 393 g/mol. The number of carbonyl (C=O) groups is 2. The Morgan fingerprint density at radius 3 is 2.48 bits per heavy atom. The van der Waals surface area contributed by atoms with E-state index < -0.39 is 0 Å². The third-order valence-electron chi connectivity index (χ3n) is 6.33. The Hall–Kier alpha value is -1.79. The van der Waals surface area contributed by atoms with Crippen LogP contribution in [0.3, 0.4) is 0 Å². The number of anilines is 1. The summed E-state index contributed by atoms with van der Waals surface area (Å²) in [6.07, 6.45) is 3.69. The molecular weight excluding hydrogens is 366 g/mol. The summed E-state index contributed by atoms with van der Waals surface area (Å²) in [5.74, 6) is 0.717. The molecule has 4 rings (SSSR count). The minimum Gasteiger partial charge on any atom is -0.497 e. The predicted octanol–water partition coefficient (Wildman–Crippen LogP) is 2.07. The van der Waals surface area contributed by atoms with Gasteiger partial charge in [0.15, 0.2) is 0 Å². The number of piperidine rings is 1. The lowest BCUT2D eigenvalue weighted by Crippen LogP contribution is -2.46. The van der Waals surface area contributed by atoms with Crippen LogP contribution < -0.4 is 15.0 Å². The van der Waals surface area contributed by atoms with E-state index in [2.05, 4.69) is 5.32 Å². The van der Waals surface area contributed by atoms with Gasteiger partial charge in [-0.25, -0.2) is 0 Å². The number of nitrogens with zero attached hydrogens (tertiary/aromatic N) is 2. The number of carbonyl (C=O) groups excluding carboxylic acids is 2. The van der Waals surface area contributed by atoms with Crippen molar-refractivity contribution in [1.29, 1.82) is 0 Å². The number of amides is 2. The molecule has 1 spiro atoms. The Morgan fingerprint density at radius 1 is 1.19 bits per heavy atom. The Balaban J connectivity index is 0.00000210. The first kappa shape index (κ1) is 20.0. The van der Waals surface area contributed by atoms with Crippen molar-refractivity contribution in [3.05, 3.63) is 24.3 Å². The number of benzene rings is 1. The van der Waals surface area contributed by atoms with Crippen molar-refractivity contribution >= 4 is 29.9 Å². The summed E-state index contributed by atoms with van der Waals surface area (Å²) in [7, 11) is 1.62. The summed E-state index contributed by atoms with van der Waals surface area (Å²) < 4.78 is 5.17. The Bertz CT molecular complexity index is 678. The molecule has 0 saturated carbocycles. The molecule has 1 unspecified atom stereocenters. The van der Waals surface area contributed by atoms with Crippen molar-refractivity contribution in [2.45, 2.75) is 25.7 Å². The molecule has 0 bridgehead atoms. The molecule has 2 amide bonds. The average molecular weight is 394 g/mol. The van der Waals surface area contributed by atoms with Crippen molar-refractivity contribution in [2.24, 2.45) is 11.3 Å². The van der Waals surface area contributed by atoms with Crippen LogP contribution in [0.4, 0.5) is 5.69 Å². The van der Waals surface area contributed by atoms with Crippen molar-refractivity contribution in [3.8, 4) is 5.75 Å². The van der Waals surface area contributed by atoms with E-state index in [-0.39, 0.29) is 30.1 Å². The molecule has 27 heavy (non-hydrogen) atoms. The van der Waals surface area contributed by atoms with Crippen LogP contribution in [-0.4, -0.2) is 56.5 Å². The molecule has 3 heterocycles. The van der Waals surface area contributed by atoms with E-state index in [0.717, 1.165) is 50.5 Å². The summed E-state index contributed by atoms with van der Waals surface area (Å²) >= 11 is 0. The topological polar surface area (TPSA) is 61.9 Å². The molecule has 0 radical (unpaired) electrons. The molecule has 3 fully saturated rings. The lowest BCUT2D eigenvalue weighted by Gasteiger charge is -2.39. The van der Waals surface area contributed by atoms with Crippen molar-refractivity contribution in [3.63, 3.8) is 0 Å². The van der Waals surface area contributed by atoms with Crippen LogP contribution in [0.25, 0.3) is 0 Å². The average Bonchev–Trinajstić information content (AvgIpc) is 3.29. The van der Waals surface area contributed by atoms with Crippen molar-refractivity contribution in [1.82, 2.24) is 10.2 Å². The standard InChI is InChI=1S/C20H27N3O3.ClH/c1-26-17-4-2-16(3-5-17)23-13-15(12-18(23)24)19(25)22-10-7-20(8-11-22)6-9-21-14-20;/h2-5,15,21H,6-14H2,1H3;1H. The van der Waals surface area contributed by atoms with Gasteiger partial charge in [-0.05, 0) is 55.5 Å². The fourth-order valence-electron chi connectivity index (χ4n) is 4.57. The molecule has 3 saturated heterocycles. The molecule has 1 atom stereocenters. The molecule has 0 aliphatic carbocycles. The summed E-state index contributed by atoms with van der Waals surface area (Å²) in [5, 5.41) is 3.46.